The van der Waals surface area contributed by atoms with Crippen LogP contribution in [0.1, 0.15) is 18.9 Å². The molecule has 0 saturated heterocycles. The van der Waals surface area contributed by atoms with Crippen molar-refractivity contribution in [2.24, 2.45) is 0 Å². The lowest BCUT2D eigenvalue weighted by Gasteiger charge is -2.06. The summed E-state index contributed by atoms with van der Waals surface area (Å²) in [5, 5.41) is 13.7. The minimum Gasteiger partial charge on any atom is -0.379 e. The van der Waals surface area contributed by atoms with E-state index in [4.69, 9.17) is 11.6 Å². The molecule has 0 unspecified atom stereocenters. The smallest absolute Gasteiger partial charge is 0.253 e. The molecular formula is C10H12ClN3O2. The molecule has 5 nitrogen and oxygen atoms in total. The van der Waals surface area contributed by atoms with Crippen molar-refractivity contribution in [2.75, 3.05) is 0 Å². The van der Waals surface area contributed by atoms with E-state index in [9.17, 15) is 10.1 Å². The summed E-state index contributed by atoms with van der Waals surface area (Å²) in [7, 11) is 0. The molecule has 0 atom stereocenters. The molecule has 0 amide bonds. The summed E-state index contributed by atoms with van der Waals surface area (Å²) in [6.07, 6.45) is 3.19. The fourth-order valence-electron chi connectivity index (χ4n) is 1.12. The predicted octanol–water partition coefficient (Wildman–Crippen LogP) is 2.35. The highest BCUT2D eigenvalue weighted by atomic mass is 35.5. The topological polar surface area (TPSA) is 68.1 Å². The summed E-state index contributed by atoms with van der Waals surface area (Å²) in [6, 6.07) is 3.50. The van der Waals surface area contributed by atoms with Gasteiger partial charge < -0.3 is 5.32 Å². The number of hydrogen-bond donors (Lipinski definition) is 1. The third-order valence-corrected chi connectivity index (χ3v) is 2.17. The van der Waals surface area contributed by atoms with E-state index in [2.05, 4.69) is 10.3 Å². The van der Waals surface area contributed by atoms with Crippen molar-refractivity contribution in [3.8, 4) is 0 Å². The lowest BCUT2D eigenvalue weighted by Crippen LogP contribution is -2.13. The average molecular weight is 242 g/mol. The first-order valence-corrected chi connectivity index (χ1v) is 5.18. The highest BCUT2D eigenvalue weighted by Crippen LogP contribution is 2.06. The van der Waals surface area contributed by atoms with Crippen molar-refractivity contribution in [3.05, 3.63) is 51.1 Å². The Bertz CT molecular complexity index is 390. The summed E-state index contributed by atoms with van der Waals surface area (Å²) in [6.45, 7) is 2.35. The van der Waals surface area contributed by atoms with E-state index in [1.54, 1.807) is 12.3 Å². The number of nitro groups is 1. The first-order chi connectivity index (χ1) is 7.61. The highest BCUT2D eigenvalue weighted by Gasteiger charge is 2.00. The molecule has 0 spiro atoms. The van der Waals surface area contributed by atoms with Gasteiger partial charge in [-0.05, 0) is 18.1 Å². The number of nitrogens with one attached hydrogen (secondary N) is 1. The Morgan fingerprint density at radius 2 is 2.44 bits per heavy atom. The third kappa shape index (κ3) is 4.27. The van der Waals surface area contributed by atoms with Gasteiger partial charge >= 0.3 is 0 Å². The van der Waals surface area contributed by atoms with E-state index in [0.717, 1.165) is 11.8 Å². The molecule has 1 N–H and O–H groups in total. The predicted molar refractivity (Wildman–Crippen MR) is 61.5 cm³/mol. The molecule has 0 aliphatic carbocycles. The monoisotopic (exact) mass is 241 g/mol. The Balaban J connectivity index is 2.56. The van der Waals surface area contributed by atoms with Gasteiger partial charge in [0.25, 0.3) is 6.20 Å². The molecule has 1 rings (SSSR count). The average Bonchev–Trinajstić information content (AvgIpc) is 2.26. The summed E-state index contributed by atoms with van der Waals surface area (Å²) in [5.41, 5.74) is 1.51. The van der Waals surface area contributed by atoms with Crippen LogP contribution in [0.2, 0.25) is 5.15 Å². The number of rotatable bonds is 5. The minimum atomic E-state index is -0.466. The zero-order valence-electron chi connectivity index (χ0n) is 8.81. The molecule has 0 aliphatic rings. The van der Waals surface area contributed by atoms with E-state index in [1.165, 1.54) is 0 Å². The molecule has 16 heavy (non-hydrogen) atoms. The zero-order chi connectivity index (χ0) is 12.0. The van der Waals surface area contributed by atoms with Crippen LogP contribution in [0.3, 0.4) is 0 Å². The molecule has 0 radical (unpaired) electrons. The van der Waals surface area contributed by atoms with Crippen molar-refractivity contribution < 1.29 is 4.92 Å². The quantitative estimate of drug-likeness (QED) is 0.488. The fourth-order valence-corrected chi connectivity index (χ4v) is 1.23. The van der Waals surface area contributed by atoms with Crippen LogP contribution >= 0.6 is 11.6 Å². The van der Waals surface area contributed by atoms with Gasteiger partial charge in [0.15, 0.2) is 0 Å². The molecule has 1 heterocycles. The molecule has 1 aromatic heterocycles. The van der Waals surface area contributed by atoms with Gasteiger partial charge in [-0.1, -0.05) is 24.6 Å². The minimum absolute atomic E-state index is 0.431. The first kappa shape index (κ1) is 12.4. The largest absolute Gasteiger partial charge is 0.379 e. The maximum atomic E-state index is 10.3. The van der Waals surface area contributed by atoms with Gasteiger partial charge in [-0.3, -0.25) is 10.1 Å². The maximum Gasteiger partial charge on any atom is 0.253 e. The molecule has 1 aromatic rings. The molecular weight excluding hydrogens is 230 g/mol. The highest BCUT2D eigenvalue weighted by molar-refractivity contribution is 6.29. The summed E-state index contributed by atoms with van der Waals surface area (Å²) in [5.74, 6) is 0. The van der Waals surface area contributed by atoms with Gasteiger partial charge in [0, 0.05) is 12.7 Å². The van der Waals surface area contributed by atoms with E-state index in [-0.39, 0.29) is 0 Å². The molecule has 6 heteroatoms. The second-order valence-electron chi connectivity index (χ2n) is 3.14. The molecule has 0 aliphatic heterocycles. The van der Waals surface area contributed by atoms with E-state index >= 15 is 0 Å². The van der Waals surface area contributed by atoms with Crippen LogP contribution in [0, 0.1) is 10.1 Å². The molecule has 0 fully saturated rings. The first-order valence-electron chi connectivity index (χ1n) is 4.80. The number of nitrogens with zero attached hydrogens (tertiary/aromatic N) is 2. The molecule has 0 saturated carbocycles. The van der Waals surface area contributed by atoms with Crippen LogP contribution < -0.4 is 5.32 Å². The maximum absolute atomic E-state index is 10.3. The Morgan fingerprint density at radius 1 is 1.69 bits per heavy atom. The van der Waals surface area contributed by atoms with Crippen LogP contribution in [0.15, 0.2) is 30.2 Å². The van der Waals surface area contributed by atoms with Crippen molar-refractivity contribution in [3.63, 3.8) is 0 Å². The molecule has 0 aromatic carbocycles. The van der Waals surface area contributed by atoms with Crippen LogP contribution in [0.25, 0.3) is 0 Å². The zero-order valence-corrected chi connectivity index (χ0v) is 9.57. The Kier molecular flexibility index (Phi) is 4.72. The van der Waals surface area contributed by atoms with E-state index < -0.39 is 4.92 Å². The van der Waals surface area contributed by atoms with Crippen LogP contribution in [0.4, 0.5) is 0 Å². The van der Waals surface area contributed by atoms with Gasteiger partial charge in [-0.15, -0.1) is 0 Å². The lowest BCUT2D eigenvalue weighted by atomic mass is 10.2. The van der Waals surface area contributed by atoms with Gasteiger partial charge in [-0.2, -0.15) is 0 Å². The Morgan fingerprint density at radius 3 is 2.94 bits per heavy atom. The van der Waals surface area contributed by atoms with Crippen molar-refractivity contribution in [1.82, 2.24) is 10.3 Å². The Hall–Kier alpha value is -1.62. The van der Waals surface area contributed by atoms with Crippen LogP contribution in [-0.4, -0.2) is 9.91 Å². The van der Waals surface area contributed by atoms with Crippen LogP contribution in [0.5, 0.6) is 0 Å². The lowest BCUT2D eigenvalue weighted by molar-refractivity contribution is -0.403. The van der Waals surface area contributed by atoms with Crippen molar-refractivity contribution in [2.45, 2.75) is 19.9 Å². The second-order valence-corrected chi connectivity index (χ2v) is 3.52. The summed E-state index contributed by atoms with van der Waals surface area (Å²) < 4.78 is 0. The summed E-state index contributed by atoms with van der Waals surface area (Å²) in [4.78, 5) is 13.7. The Labute approximate surface area is 98.3 Å². The van der Waals surface area contributed by atoms with Gasteiger partial charge in [0.1, 0.15) is 5.15 Å². The van der Waals surface area contributed by atoms with Crippen LogP contribution in [-0.2, 0) is 6.54 Å². The standard InChI is InChI=1S/C10H12ClN3O2/c1-2-9(7-14(15)16)12-5-8-3-4-10(11)13-6-8/h3-4,6-7,12H,2,5H2,1H3/b9-7+. The fraction of sp³-hybridized carbons (Fsp3) is 0.300. The summed E-state index contributed by atoms with van der Waals surface area (Å²) >= 11 is 5.64. The normalized spacial score (nSPS) is 11.2. The third-order valence-electron chi connectivity index (χ3n) is 1.95. The number of aromatic nitrogens is 1. The van der Waals surface area contributed by atoms with Gasteiger partial charge in [-0.25, -0.2) is 4.98 Å². The number of halogens is 1. The molecule has 86 valence electrons. The SMILES string of the molecule is CC/C(=C\[N+](=O)[O-])NCc1ccc(Cl)nc1. The van der Waals surface area contributed by atoms with Gasteiger partial charge in [0.2, 0.25) is 0 Å². The van der Waals surface area contributed by atoms with E-state index in [1.807, 2.05) is 13.0 Å². The van der Waals surface area contributed by atoms with Gasteiger partial charge in [0.05, 0.1) is 10.6 Å². The number of allylic oxidation sites excluding steroid dienone is 1. The number of hydrogen-bond acceptors (Lipinski definition) is 4. The van der Waals surface area contributed by atoms with Crippen molar-refractivity contribution in [1.29, 1.82) is 0 Å². The number of pyridine rings is 1. The van der Waals surface area contributed by atoms with Crippen molar-refractivity contribution >= 4 is 11.6 Å². The van der Waals surface area contributed by atoms with E-state index in [0.29, 0.717) is 23.8 Å². The second kappa shape index (κ2) is 6.07. The molecule has 0 bridgehead atoms.